The summed E-state index contributed by atoms with van der Waals surface area (Å²) in [6.07, 6.45) is -1.04. The molecule has 0 aromatic heterocycles. The smallest absolute Gasteiger partial charge is 0.256 e. The van der Waals surface area contributed by atoms with Crippen LogP contribution < -0.4 is 0 Å². The van der Waals surface area contributed by atoms with E-state index in [1.807, 2.05) is 39.1 Å². The third kappa shape index (κ3) is 3.14. The van der Waals surface area contributed by atoms with Crippen LogP contribution in [0, 0.1) is 13.8 Å². The van der Waals surface area contributed by atoms with E-state index in [0.29, 0.717) is 13.1 Å². The van der Waals surface area contributed by atoms with Crippen LogP contribution in [0.25, 0.3) is 0 Å². The van der Waals surface area contributed by atoms with Gasteiger partial charge in [0.15, 0.2) is 6.10 Å². The van der Waals surface area contributed by atoms with E-state index in [1.54, 1.807) is 4.90 Å². The van der Waals surface area contributed by atoms with Gasteiger partial charge in [-0.15, -0.1) is 0 Å². The van der Waals surface area contributed by atoms with Gasteiger partial charge in [-0.1, -0.05) is 23.8 Å². The Bertz CT molecular complexity index is 465. The molecule has 1 aliphatic heterocycles. The van der Waals surface area contributed by atoms with E-state index in [-0.39, 0.29) is 5.91 Å². The van der Waals surface area contributed by atoms with Crippen molar-refractivity contribution in [3.8, 4) is 0 Å². The standard InChI is InChI=1S/C15H22N2O2/c1-11-4-5-13(12(2)10-11)14(18)15(19)17-8-6-16(3)7-9-17/h4-5,10,14,18H,6-9H2,1-3H3. The van der Waals surface area contributed by atoms with Crippen molar-refractivity contribution in [3.05, 3.63) is 34.9 Å². The van der Waals surface area contributed by atoms with Crippen molar-refractivity contribution in [2.24, 2.45) is 0 Å². The molecule has 1 N–H and O–H groups in total. The Morgan fingerprint density at radius 3 is 2.42 bits per heavy atom. The Hall–Kier alpha value is -1.39. The zero-order valence-electron chi connectivity index (χ0n) is 11.9. The molecule has 0 saturated carbocycles. The molecule has 19 heavy (non-hydrogen) atoms. The van der Waals surface area contributed by atoms with Gasteiger partial charge in [0.1, 0.15) is 0 Å². The molecule has 1 aromatic carbocycles. The van der Waals surface area contributed by atoms with Gasteiger partial charge in [-0.3, -0.25) is 4.79 Å². The van der Waals surface area contributed by atoms with Gasteiger partial charge < -0.3 is 14.9 Å². The minimum absolute atomic E-state index is 0.181. The number of nitrogens with zero attached hydrogens (tertiary/aromatic N) is 2. The largest absolute Gasteiger partial charge is 0.378 e. The summed E-state index contributed by atoms with van der Waals surface area (Å²) in [7, 11) is 2.04. The van der Waals surface area contributed by atoms with Gasteiger partial charge in [-0.05, 0) is 32.0 Å². The highest BCUT2D eigenvalue weighted by Gasteiger charge is 2.26. The molecule has 1 atom stereocenters. The van der Waals surface area contributed by atoms with E-state index in [4.69, 9.17) is 0 Å². The number of benzene rings is 1. The predicted molar refractivity (Wildman–Crippen MR) is 75.0 cm³/mol. The highest BCUT2D eigenvalue weighted by Crippen LogP contribution is 2.21. The van der Waals surface area contributed by atoms with Gasteiger partial charge in [0, 0.05) is 26.2 Å². The van der Waals surface area contributed by atoms with Crippen molar-refractivity contribution in [1.29, 1.82) is 0 Å². The summed E-state index contributed by atoms with van der Waals surface area (Å²) in [5, 5.41) is 10.3. The third-order valence-corrected chi connectivity index (χ3v) is 3.77. The Balaban J connectivity index is 2.10. The number of amides is 1. The number of rotatable bonds is 2. The number of likely N-dealkylation sites (N-methyl/N-ethyl adjacent to an activating group) is 1. The molecule has 1 amide bonds. The number of hydrogen-bond acceptors (Lipinski definition) is 3. The predicted octanol–water partition coefficient (Wildman–Crippen LogP) is 1.11. The fraction of sp³-hybridized carbons (Fsp3) is 0.533. The van der Waals surface area contributed by atoms with Crippen LogP contribution >= 0.6 is 0 Å². The number of carbonyl (C=O) groups is 1. The molecule has 104 valence electrons. The van der Waals surface area contributed by atoms with Crippen LogP contribution in [0.2, 0.25) is 0 Å². The maximum absolute atomic E-state index is 12.3. The van der Waals surface area contributed by atoms with E-state index in [1.165, 1.54) is 0 Å². The number of aryl methyl sites for hydroxylation is 2. The van der Waals surface area contributed by atoms with Crippen LogP contribution in [0.5, 0.6) is 0 Å². The highest BCUT2D eigenvalue weighted by molar-refractivity contribution is 5.82. The molecular weight excluding hydrogens is 240 g/mol. The number of piperazine rings is 1. The lowest BCUT2D eigenvalue weighted by Gasteiger charge is -2.33. The minimum Gasteiger partial charge on any atom is -0.378 e. The lowest BCUT2D eigenvalue weighted by atomic mass is 10.00. The molecular formula is C15H22N2O2. The van der Waals surface area contributed by atoms with Gasteiger partial charge in [-0.2, -0.15) is 0 Å². The van der Waals surface area contributed by atoms with Crippen LogP contribution in [0.15, 0.2) is 18.2 Å². The molecule has 4 heteroatoms. The second kappa shape index (κ2) is 5.72. The van der Waals surface area contributed by atoms with Gasteiger partial charge >= 0.3 is 0 Å². The zero-order chi connectivity index (χ0) is 14.0. The molecule has 2 rings (SSSR count). The lowest BCUT2D eigenvalue weighted by Crippen LogP contribution is -2.48. The van der Waals surface area contributed by atoms with Crippen molar-refractivity contribution < 1.29 is 9.90 Å². The van der Waals surface area contributed by atoms with Crippen LogP contribution in [-0.2, 0) is 4.79 Å². The first-order chi connectivity index (χ1) is 8.99. The molecule has 1 aromatic rings. The van der Waals surface area contributed by atoms with E-state index >= 15 is 0 Å². The summed E-state index contributed by atoms with van der Waals surface area (Å²) in [6.45, 7) is 7.06. The SMILES string of the molecule is Cc1ccc(C(O)C(=O)N2CCN(C)CC2)c(C)c1. The highest BCUT2D eigenvalue weighted by atomic mass is 16.3. The number of aliphatic hydroxyl groups excluding tert-OH is 1. The van der Waals surface area contributed by atoms with E-state index in [0.717, 1.165) is 29.8 Å². The van der Waals surface area contributed by atoms with Crippen LogP contribution in [0.3, 0.4) is 0 Å². The molecule has 1 saturated heterocycles. The summed E-state index contributed by atoms with van der Waals surface area (Å²) < 4.78 is 0. The summed E-state index contributed by atoms with van der Waals surface area (Å²) in [6, 6.07) is 5.78. The maximum Gasteiger partial charge on any atom is 0.256 e. The number of aliphatic hydroxyl groups is 1. The van der Waals surface area contributed by atoms with E-state index in [9.17, 15) is 9.90 Å². The Labute approximate surface area is 114 Å². The molecule has 1 fully saturated rings. The van der Waals surface area contributed by atoms with Crippen molar-refractivity contribution in [1.82, 2.24) is 9.80 Å². The molecule has 0 radical (unpaired) electrons. The minimum atomic E-state index is -1.04. The first kappa shape index (κ1) is 14.0. The van der Waals surface area contributed by atoms with Gasteiger partial charge in [0.05, 0.1) is 0 Å². The fourth-order valence-electron chi connectivity index (χ4n) is 2.47. The topological polar surface area (TPSA) is 43.8 Å². The molecule has 0 aliphatic carbocycles. The first-order valence-corrected chi connectivity index (χ1v) is 6.71. The molecule has 4 nitrogen and oxygen atoms in total. The Morgan fingerprint density at radius 2 is 1.84 bits per heavy atom. The van der Waals surface area contributed by atoms with Crippen molar-refractivity contribution >= 4 is 5.91 Å². The molecule has 1 aliphatic rings. The lowest BCUT2D eigenvalue weighted by molar-refractivity contribution is -0.142. The third-order valence-electron chi connectivity index (χ3n) is 3.77. The normalized spacial score (nSPS) is 18.4. The van der Waals surface area contributed by atoms with E-state index in [2.05, 4.69) is 4.90 Å². The molecule has 0 bridgehead atoms. The summed E-state index contributed by atoms with van der Waals surface area (Å²) >= 11 is 0. The average Bonchev–Trinajstić information content (AvgIpc) is 2.38. The van der Waals surface area contributed by atoms with Crippen LogP contribution in [-0.4, -0.2) is 54.0 Å². The second-order valence-electron chi connectivity index (χ2n) is 5.39. The first-order valence-electron chi connectivity index (χ1n) is 6.71. The Morgan fingerprint density at radius 1 is 1.21 bits per heavy atom. The van der Waals surface area contributed by atoms with Gasteiger partial charge in [0.25, 0.3) is 5.91 Å². The van der Waals surface area contributed by atoms with Crippen LogP contribution in [0.1, 0.15) is 22.8 Å². The average molecular weight is 262 g/mol. The number of carbonyl (C=O) groups excluding carboxylic acids is 1. The summed E-state index contributed by atoms with van der Waals surface area (Å²) in [5.74, 6) is -0.181. The monoisotopic (exact) mass is 262 g/mol. The van der Waals surface area contributed by atoms with Gasteiger partial charge in [0.2, 0.25) is 0 Å². The fourth-order valence-corrected chi connectivity index (χ4v) is 2.47. The maximum atomic E-state index is 12.3. The Kier molecular flexibility index (Phi) is 4.22. The van der Waals surface area contributed by atoms with Crippen molar-refractivity contribution in [3.63, 3.8) is 0 Å². The number of hydrogen-bond donors (Lipinski definition) is 1. The molecule has 0 spiro atoms. The van der Waals surface area contributed by atoms with Gasteiger partial charge in [-0.25, -0.2) is 0 Å². The second-order valence-corrected chi connectivity index (χ2v) is 5.39. The zero-order valence-corrected chi connectivity index (χ0v) is 11.9. The van der Waals surface area contributed by atoms with Crippen molar-refractivity contribution in [2.45, 2.75) is 20.0 Å². The summed E-state index contributed by atoms with van der Waals surface area (Å²) in [5.41, 5.74) is 2.82. The van der Waals surface area contributed by atoms with Crippen molar-refractivity contribution in [2.75, 3.05) is 33.2 Å². The quantitative estimate of drug-likeness (QED) is 0.868. The van der Waals surface area contributed by atoms with Crippen LogP contribution in [0.4, 0.5) is 0 Å². The molecule has 1 heterocycles. The molecule has 1 unspecified atom stereocenters. The summed E-state index contributed by atoms with van der Waals surface area (Å²) in [4.78, 5) is 16.2. The van der Waals surface area contributed by atoms with E-state index < -0.39 is 6.10 Å².